The molecule has 0 atom stereocenters. The largest absolute Gasteiger partial charge is 0.299 e. The van der Waals surface area contributed by atoms with Crippen LogP contribution in [0.2, 0.25) is 0 Å². The zero-order valence-corrected chi connectivity index (χ0v) is 13.8. The van der Waals surface area contributed by atoms with Crippen LogP contribution >= 0.6 is 12.2 Å². The molecule has 0 bridgehead atoms. The highest BCUT2D eigenvalue weighted by molar-refractivity contribution is 7.80. The summed E-state index contributed by atoms with van der Waals surface area (Å²) in [6.07, 6.45) is 0.858. The van der Waals surface area contributed by atoms with Gasteiger partial charge in [-0.15, -0.1) is 5.10 Å². The van der Waals surface area contributed by atoms with E-state index in [9.17, 15) is 14.9 Å². The number of nitro groups is 1. The first-order chi connectivity index (χ1) is 11.4. The molecule has 1 heterocycles. The molecule has 0 aliphatic carbocycles. The third-order valence-corrected chi connectivity index (χ3v) is 3.19. The summed E-state index contributed by atoms with van der Waals surface area (Å²) in [6, 6.07) is 4.06. The smallest absolute Gasteiger partial charge is 0.272 e. The fraction of sp³-hybridized carbons (Fsp3) is 0.308. The van der Waals surface area contributed by atoms with Crippen LogP contribution in [0.4, 0.5) is 11.6 Å². The molecule has 1 aromatic heterocycles. The summed E-state index contributed by atoms with van der Waals surface area (Å²) in [5.74, 6) is -0.319. The van der Waals surface area contributed by atoms with Crippen LogP contribution in [0.5, 0.6) is 0 Å². The minimum atomic E-state index is -0.505. The topological polar surface area (TPSA) is 128 Å². The molecule has 11 heteroatoms. The number of hydrogen-bond acceptors (Lipinski definition) is 7. The summed E-state index contributed by atoms with van der Waals surface area (Å²) in [5, 5.41) is 27.5. The zero-order chi connectivity index (χ0) is 17.7. The highest BCUT2D eigenvalue weighted by Gasteiger charge is 2.15. The molecule has 0 aliphatic rings. The number of benzene rings is 1. The second kappa shape index (κ2) is 7.55. The molecule has 0 saturated heterocycles. The summed E-state index contributed by atoms with van der Waals surface area (Å²) in [6.45, 7) is 4.16. The second-order valence-corrected chi connectivity index (χ2v) is 5.28. The standard InChI is InChI=1S/C13H15N7O3S/c1-3-6-19-17-12(16-18-19)15-13(24)14-11(21)9-4-5-10(20(22)23)8(2)7-9/h4-5,7H,3,6H2,1-2H3,(H2,14,15,17,21,24). The highest BCUT2D eigenvalue weighted by Crippen LogP contribution is 2.18. The van der Waals surface area contributed by atoms with E-state index >= 15 is 0 Å². The van der Waals surface area contributed by atoms with E-state index in [1.807, 2.05) is 6.92 Å². The number of aryl methyl sites for hydroxylation is 2. The van der Waals surface area contributed by atoms with Crippen molar-refractivity contribution in [1.82, 2.24) is 25.5 Å². The van der Waals surface area contributed by atoms with Crippen molar-refractivity contribution in [3.63, 3.8) is 0 Å². The first kappa shape index (κ1) is 17.4. The number of thiocarbonyl (C=S) groups is 1. The number of carbonyl (C=O) groups excluding carboxylic acids is 1. The van der Waals surface area contributed by atoms with E-state index in [0.717, 1.165) is 6.42 Å². The normalized spacial score (nSPS) is 10.2. The Morgan fingerprint density at radius 2 is 2.21 bits per heavy atom. The molecule has 2 N–H and O–H groups in total. The Kier molecular flexibility index (Phi) is 5.47. The number of amides is 1. The van der Waals surface area contributed by atoms with Crippen LogP contribution in [0.15, 0.2) is 18.2 Å². The van der Waals surface area contributed by atoms with Crippen molar-refractivity contribution >= 4 is 34.9 Å². The molecular weight excluding hydrogens is 334 g/mol. The molecule has 0 aliphatic heterocycles. The van der Waals surface area contributed by atoms with Gasteiger partial charge in [0.25, 0.3) is 17.5 Å². The molecule has 2 rings (SSSR count). The number of hydrogen-bond donors (Lipinski definition) is 2. The van der Waals surface area contributed by atoms with Crippen LogP contribution in [-0.4, -0.2) is 36.2 Å². The van der Waals surface area contributed by atoms with Gasteiger partial charge in [0.15, 0.2) is 5.11 Å². The number of anilines is 1. The summed E-state index contributed by atoms with van der Waals surface area (Å²) in [4.78, 5) is 23.8. The molecule has 0 unspecified atom stereocenters. The first-order valence-corrected chi connectivity index (χ1v) is 7.46. The van der Waals surface area contributed by atoms with Crippen molar-refractivity contribution in [2.45, 2.75) is 26.8 Å². The van der Waals surface area contributed by atoms with Crippen LogP contribution in [0.3, 0.4) is 0 Å². The van der Waals surface area contributed by atoms with E-state index in [1.165, 1.54) is 23.0 Å². The minimum absolute atomic E-state index is 0.00653. The number of nitrogens with one attached hydrogen (secondary N) is 2. The number of aromatic nitrogens is 4. The minimum Gasteiger partial charge on any atom is -0.299 e. The molecule has 2 aromatic rings. The maximum absolute atomic E-state index is 12.1. The van der Waals surface area contributed by atoms with Crippen molar-refractivity contribution in [3.8, 4) is 0 Å². The van der Waals surface area contributed by atoms with Gasteiger partial charge in [-0.25, -0.2) is 0 Å². The lowest BCUT2D eigenvalue weighted by Crippen LogP contribution is -2.34. The Labute approximate surface area is 142 Å². The van der Waals surface area contributed by atoms with Gasteiger partial charge in [0.1, 0.15) is 0 Å². The lowest BCUT2D eigenvalue weighted by atomic mass is 10.1. The van der Waals surface area contributed by atoms with Crippen LogP contribution in [0.25, 0.3) is 0 Å². The summed E-state index contributed by atoms with van der Waals surface area (Å²) in [5.41, 5.74) is 0.588. The first-order valence-electron chi connectivity index (χ1n) is 7.06. The Hall–Kier alpha value is -2.95. The quantitative estimate of drug-likeness (QED) is 0.471. The highest BCUT2D eigenvalue weighted by atomic mass is 32.1. The predicted molar refractivity (Wildman–Crippen MR) is 89.6 cm³/mol. The fourth-order valence-corrected chi connectivity index (χ4v) is 2.08. The molecule has 1 amide bonds. The fourth-order valence-electron chi connectivity index (χ4n) is 1.90. The van der Waals surface area contributed by atoms with Crippen molar-refractivity contribution < 1.29 is 9.72 Å². The van der Waals surface area contributed by atoms with E-state index < -0.39 is 10.8 Å². The molecule has 24 heavy (non-hydrogen) atoms. The molecule has 0 spiro atoms. The average Bonchev–Trinajstić information content (AvgIpc) is 2.94. The third kappa shape index (κ3) is 4.29. The van der Waals surface area contributed by atoms with E-state index in [4.69, 9.17) is 12.2 Å². The van der Waals surface area contributed by atoms with Gasteiger partial charge in [-0.3, -0.25) is 25.5 Å². The SMILES string of the molecule is CCCn1nnc(NC(=S)NC(=O)c2ccc([N+](=O)[O-])c(C)c2)n1. The molecule has 10 nitrogen and oxygen atoms in total. The molecule has 0 fully saturated rings. The molecule has 0 saturated carbocycles. The second-order valence-electron chi connectivity index (χ2n) is 4.88. The summed E-state index contributed by atoms with van der Waals surface area (Å²) in [7, 11) is 0. The zero-order valence-electron chi connectivity index (χ0n) is 13.0. The van der Waals surface area contributed by atoms with Crippen LogP contribution < -0.4 is 10.6 Å². The van der Waals surface area contributed by atoms with E-state index in [2.05, 4.69) is 26.0 Å². The third-order valence-electron chi connectivity index (χ3n) is 2.98. The lowest BCUT2D eigenvalue weighted by Gasteiger charge is -2.07. The number of tetrazole rings is 1. The van der Waals surface area contributed by atoms with E-state index in [0.29, 0.717) is 12.1 Å². The maximum atomic E-state index is 12.1. The lowest BCUT2D eigenvalue weighted by molar-refractivity contribution is -0.385. The van der Waals surface area contributed by atoms with E-state index in [-0.39, 0.29) is 22.3 Å². The maximum Gasteiger partial charge on any atom is 0.272 e. The average molecular weight is 349 g/mol. The Morgan fingerprint density at radius 1 is 1.46 bits per heavy atom. The Morgan fingerprint density at radius 3 is 2.83 bits per heavy atom. The van der Waals surface area contributed by atoms with Gasteiger partial charge in [0.2, 0.25) is 0 Å². The molecule has 0 radical (unpaired) electrons. The number of nitrogens with zero attached hydrogens (tertiary/aromatic N) is 5. The number of carbonyl (C=O) groups is 1. The van der Waals surface area contributed by atoms with Gasteiger partial charge in [-0.1, -0.05) is 12.0 Å². The van der Waals surface area contributed by atoms with Crippen molar-refractivity contribution in [1.29, 1.82) is 0 Å². The van der Waals surface area contributed by atoms with E-state index in [1.54, 1.807) is 6.92 Å². The molecular formula is C13H15N7O3S. The number of nitro benzene ring substituents is 1. The summed E-state index contributed by atoms with van der Waals surface area (Å²) >= 11 is 5.02. The van der Waals surface area contributed by atoms with Gasteiger partial charge in [-0.2, -0.15) is 4.80 Å². The Bertz CT molecular complexity index is 790. The monoisotopic (exact) mass is 349 g/mol. The predicted octanol–water partition coefficient (Wildman–Crippen LogP) is 1.43. The molecule has 126 valence electrons. The van der Waals surface area contributed by atoms with Gasteiger partial charge in [-0.05, 0) is 42.9 Å². The van der Waals surface area contributed by atoms with Crippen LogP contribution in [-0.2, 0) is 6.54 Å². The van der Waals surface area contributed by atoms with Crippen molar-refractivity contribution in [2.75, 3.05) is 5.32 Å². The Balaban J connectivity index is 1.99. The van der Waals surface area contributed by atoms with Crippen molar-refractivity contribution in [2.24, 2.45) is 0 Å². The van der Waals surface area contributed by atoms with Crippen LogP contribution in [0, 0.1) is 17.0 Å². The van der Waals surface area contributed by atoms with Gasteiger partial charge in [0.05, 0.1) is 11.5 Å². The van der Waals surface area contributed by atoms with Gasteiger partial charge in [0, 0.05) is 17.2 Å². The molecule has 1 aromatic carbocycles. The van der Waals surface area contributed by atoms with Crippen molar-refractivity contribution in [3.05, 3.63) is 39.4 Å². The number of rotatable bonds is 5. The van der Waals surface area contributed by atoms with Gasteiger partial charge < -0.3 is 0 Å². The summed E-state index contributed by atoms with van der Waals surface area (Å²) < 4.78 is 0. The van der Waals surface area contributed by atoms with Crippen LogP contribution in [0.1, 0.15) is 29.3 Å². The van der Waals surface area contributed by atoms with Gasteiger partial charge >= 0.3 is 0 Å².